The first kappa shape index (κ1) is 9.49. The lowest BCUT2D eigenvalue weighted by Gasteiger charge is -2.01. The molecule has 0 radical (unpaired) electrons. The molecule has 0 aromatic carbocycles. The number of carbonyl (C=O) groups excluding carboxylic acids is 1. The maximum atomic E-state index is 11.2. The van der Waals surface area contributed by atoms with E-state index in [0.29, 0.717) is 17.0 Å². The van der Waals surface area contributed by atoms with Crippen LogP contribution in [-0.4, -0.2) is 17.0 Å². The summed E-state index contributed by atoms with van der Waals surface area (Å²) in [6.45, 7) is 5.26. The van der Waals surface area contributed by atoms with Crippen LogP contribution in [0.15, 0.2) is 22.8 Å². The summed E-state index contributed by atoms with van der Waals surface area (Å²) in [4.78, 5) is 11.2. The maximum absolute atomic E-state index is 11.2. The van der Waals surface area contributed by atoms with Crippen molar-refractivity contribution >= 4 is 17.4 Å². The van der Waals surface area contributed by atoms with Crippen LogP contribution < -0.4 is 0 Å². The highest BCUT2D eigenvalue weighted by Crippen LogP contribution is 2.28. The SMILES string of the molecule is C=C(Cl)CC1=C(C)C(O)CC1=O. The van der Waals surface area contributed by atoms with Crippen LogP contribution in [0, 0.1) is 0 Å². The zero-order valence-electron chi connectivity index (χ0n) is 6.93. The molecule has 0 saturated carbocycles. The summed E-state index contributed by atoms with van der Waals surface area (Å²) < 4.78 is 0. The summed E-state index contributed by atoms with van der Waals surface area (Å²) in [6.07, 6.45) is -0.0299. The number of aliphatic hydroxyl groups is 1. The van der Waals surface area contributed by atoms with E-state index in [-0.39, 0.29) is 12.2 Å². The Balaban J connectivity index is 2.85. The number of aliphatic hydroxyl groups excluding tert-OH is 1. The first-order chi connectivity index (χ1) is 5.52. The van der Waals surface area contributed by atoms with Gasteiger partial charge in [-0.05, 0) is 12.5 Å². The Kier molecular flexibility index (Phi) is 2.70. The fourth-order valence-electron chi connectivity index (χ4n) is 1.30. The van der Waals surface area contributed by atoms with Crippen molar-refractivity contribution in [1.82, 2.24) is 0 Å². The third kappa shape index (κ3) is 1.76. The van der Waals surface area contributed by atoms with Gasteiger partial charge in [0.1, 0.15) is 0 Å². The second-order valence-corrected chi connectivity index (χ2v) is 3.53. The molecule has 1 atom stereocenters. The van der Waals surface area contributed by atoms with Crippen LogP contribution in [-0.2, 0) is 4.79 Å². The Bertz CT molecular complexity index is 266. The van der Waals surface area contributed by atoms with E-state index >= 15 is 0 Å². The molecule has 0 aromatic rings. The van der Waals surface area contributed by atoms with Crippen LogP contribution >= 0.6 is 11.6 Å². The highest BCUT2D eigenvalue weighted by atomic mass is 35.5. The number of hydrogen-bond acceptors (Lipinski definition) is 2. The van der Waals surface area contributed by atoms with Gasteiger partial charge in [-0.25, -0.2) is 0 Å². The van der Waals surface area contributed by atoms with Gasteiger partial charge >= 0.3 is 0 Å². The quantitative estimate of drug-likeness (QED) is 0.714. The monoisotopic (exact) mass is 186 g/mol. The third-order valence-electron chi connectivity index (χ3n) is 2.06. The van der Waals surface area contributed by atoms with Gasteiger partial charge in [-0.2, -0.15) is 0 Å². The molecule has 0 aliphatic heterocycles. The molecule has 1 rings (SSSR count). The summed E-state index contributed by atoms with van der Waals surface area (Å²) in [5.74, 6) is -0.0122. The topological polar surface area (TPSA) is 37.3 Å². The average Bonchev–Trinajstić information content (AvgIpc) is 2.16. The van der Waals surface area contributed by atoms with Gasteiger partial charge in [0.15, 0.2) is 5.78 Å². The Hall–Kier alpha value is -0.600. The van der Waals surface area contributed by atoms with Crippen molar-refractivity contribution in [3.05, 3.63) is 22.8 Å². The molecule has 0 spiro atoms. The van der Waals surface area contributed by atoms with E-state index in [0.717, 1.165) is 5.57 Å². The molecule has 1 N–H and O–H groups in total. The van der Waals surface area contributed by atoms with Gasteiger partial charge in [-0.15, -0.1) is 0 Å². The molecular weight excluding hydrogens is 176 g/mol. The molecule has 2 nitrogen and oxygen atoms in total. The minimum Gasteiger partial charge on any atom is -0.388 e. The molecule has 66 valence electrons. The molecule has 12 heavy (non-hydrogen) atoms. The van der Waals surface area contributed by atoms with E-state index in [1.165, 1.54) is 0 Å². The van der Waals surface area contributed by atoms with E-state index in [1.807, 2.05) is 0 Å². The predicted octanol–water partition coefficient (Wildman–Crippen LogP) is 1.78. The highest BCUT2D eigenvalue weighted by molar-refractivity contribution is 6.29. The van der Waals surface area contributed by atoms with Gasteiger partial charge < -0.3 is 5.11 Å². The number of allylic oxidation sites excluding steroid dienone is 2. The Morgan fingerprint density at radius 2 is 2.42 bits per heavy atom. The molecular formula is C9H11ClO2. The Morgan fingerprint density at radius 1 is 1.83 bits per heavy atom. The van der Waals surface area contributed by atoms with Crippen molar-refractivity contribution < 1.29 is 9.90 Å². The van der Waals surface area contributed by atoms with E-state index in [4.69, 9.17) is 11.6 Å². The summed E-state index contributed by atoms with van der Waals surface area (Å²) >= 11 is 5.57. The zero-order chi connectivity index (χ0) is 9.30. The normalized spacial score (nSPS) is 23.6. The Labute approximate surface area is 76.5 Å². The number of carbonyl (C=O) groups is 1. The molecule has 3 heteroatoms. The summed E-state index contributed by atoms with van der Waals surface area (Å²) in [5.41, 5.74) is 1.37. The number of Topliss-reactive ketones (excluding diaryl/α,β-unsaturated/α-hetero) is 1. The lowest BCUT2D eigenvalue weighted by atomic mass is 10.1. The Morgan fingerprint density at radius 3 is 2.75 bits per heavy atom. The molecule has 1 aliphatic rings. The summed E-state index contributed by atoms with van der Waals surface area (Å²) in [5, 5.41) is 9.74. The molecule has 1 aliphatic carbocycles. The number of ketones is 1. The van der Waals surface area contributed by atoms with Gasteiger partial charge in [0.25, 0.3) is 0 Å². The molecule has 0 saturated heterocycles. The largest absolute Gasteiger partial charge is 0.388 e. The number of rotatable bonds is 2. The predicted molar refractivity (Wildman–Crippen MR) is 47.9 cm³/mol. The van der Waals surface area contributed by atoms with Crippen molar-refractivity contribution in [1.29, 1.82) is 0 Å². The van der Waals surface area contributed by atoms with Gasteiger partial charge in [0.2, 0.25) is 0 Å². The van der Waals surface area contributed by atoms with Crippen LogP contribution in [0.3, 0.4) is 0 Å². The van der Waals surface area contributed by atoms with E-state index in [9.17, 15) is 9.90 Å². The first-order valence-corrected chi connectivity index (χ1v) is 4.14. The lowest BCUT2D eigenvalue weighted by molar-refractivity contribution is -0.115. The van der Waals surface area contributed by atoms with E-state index in [1.54, 1.807) is 6.92 Å². The second kappa shape index (κ2) is 3.42. The van der Waals surface area contributed by atoms with Crippen molar-refractivity contribution in [2.45, 2.75) is 25.9 Å². The van der Waals surface area contributed by atoms with Crippen molar-refractivity contribution in [2.75, 3.05) is 0 Å². The van der Waals surface area contributed by atoms with Crippen molar-refractivity contribution in [3.63, 3.8) is 0 Å². The molecule has 0 amide bonds. The fraction of sp³-hybridized carbons (Fsp3) is 0.444. The second-order valence-electron chi connectivity index (χ2n) is 3.00. The highest BCUT2D eigenvalue weighted by Gasteiger charge is 2.27. The maximum Gasteiger partial charge on any atom is 0.162 e. The van der Waals surface area contributed by atoms with Crippen LogP contribution in [0.25, 0.3) is 0 Å². The first-order valence-electron chi connectivity index (χ1n) is 3.76. The van der Waals surface area contributed by atoms with Gasteiger partial charge in [0.05, 0.1) is 6.10 Å². The van der Waals surface area contributed by atoms with E-state index in [2.05, 4.69) is 6.58 Å². The average molecular weight is 187 g/mol. The standard InChI is InChI=1S/C9H11ClO2/c1-5(10)3-7-6(2)8(11)4-9(7)12/h8,11H,1,3-4H2,2H3. The smallest absolute Gasteiger partial charge is 0.162 e. The van der Waals surface area contributed by atoms with Crippen LogP contribution in [0.2, 0.25) is 0 Å². The number of hydrogen-bond donors (Lipinski definition) is 1. The molecule has 0 aromatic heterocycles. The van der Waals surface area contributed by atoms with Crippen LogP contribution in [0.1, 0.15) is 19.8 Å². The minimum atomic E-state index is -0.608. The zero-order valence-corrected chi connectivity index (χ0v) is 7.69. The fourth-order valence-corrected chi connectivity index (χ4v) is 1.44. The molecule has 0 bridgehead atoms. The minimum absolute atomic E-state index is 0.0122. The van der Waals surface area contributed by atoms with Gasteiger partial charge in [-0.3, -0.25) is 4.79 Å². The van der Waals surface area contributed by atoms with Crippen LogP contribution in [0.5, 0.6) is 0 Å². The summed E-state index contributed by atoms with van der Waals surface area (Å²) in [7, 11) is 0. The summed E-state index contributed by atoms with van der Waals surface area (Å²) in [6, 6.07) is 0. The lowest BCUT2D eigenvalue weighted by Crippen LogP contribution is -2.03. The van der Waals surface area contributed by atoms with Crippen LogP contribution in [0.4, 0.5) is 0 Å². The molecule has 1 unspecified atom stereocenters. The van der Waals surface area contributed by atoms with Crippen molar-refractivity contribution in [2.24, 2.45) is 0 Å². The van der Waals surface area contributed by atoms with Gasteiger partial charge in [0, 0.05) is 23.4 Å². The molecule has 0 heterocycles. The molecule has 0 fully saturated rings. The number of halogens is 1. The third-order valence-corrected chi connectivity index (χ3v) is 2.19. The van der Waals surface area contributed by atoms with Gasteiger partial charge in [-0.1, -0.05) is 18.2 Å². The van der Waals surface area contributed by atoms with E-state index < -0.39 is 6.10 Å². The van der Waals surface area contributed by atoms with Crippen molar-refractivity contribution in [3.8, 4) is 0 Å².